The van der Waals surface area contributed by atoms with Crippen LogP contribution in [0.25, 0.3) is 11.0 Å². The van der Waals surface area contributed by atoms with Crippen LogP contribution in [0.15, 0.2) is 48.5 Å². The lowest BCUT2D eigenvalue weighted by atomic mass is 10.1. The maximum Gasteiger partial charge on any atom is 0.252 e. The SMILES string of the molecule is CCCCCCCCCCCCn1c(CCCNC(=O)c2ccccc2Cl)nc2ccccc21. The van der Waals surface area contributed by atoms with E-state index in [1.165, 1.54) is 69.7 Å². The smallest absolute Gasteiger partial charge is 0.252 e. The molecule has 34 heavy (non-hydrogen) atoms. The first-order valence-corrected chi connectivity index (χ1v) is 13.6. The highest BCUT2D eigenvalue weighted by molar-refractivity contribution is 6.33. The summed E-state index contributed by atoms with van der Waals surface area (Å²) in [4.78, 5) is 17.3. The molecule has 3 rings (SSSR count). The fourth-order valence-electron chi connectivity index (χ4n) is 4.51. The van der Waals surface area contributed by atoms with E-state index in [2.05, 4.69) is 35.0 Å². The van der Waals surface area contributed by atoms with E-state index >= 15 is 0 Å². The first-order chi connectivity index (χ1) is 16.7. The number of halogens is 1. The number of aromatic nitrogens is 2. The second kappa shape index (κ2) is 14.8. The van der Waals surface area contributed by atoms with Gasteiger partial charge in [-0.3, -0.25) is 4.79 Å². The van der Waals surface area contributed by atoms with Crippen LogP contribution in [0.3, 0.4) is 0 Å². The molecular formula is C29H40ClN3O. The molecule has 0 aliphatic rings. The molecule has 1 amide bonds. The van der Waals surface area contributed by atoms with E-state index in [-0.39, 0.29) is 5.91 Å². The first-order valence-electron chi connectivity index (χ1n) is 13.2. The minimum atomic E-state index is -0.121. The average molecular weight is 482 g/mol. The molecule has 5 heteroatoms. The van der Waals surface area contributed by atoms with Crippen molar-refractivity contribution >= 4 is 28.5 Å². The third-order valence-electron chi connectivity index (χ3n) is 6.45. The third kappa shape index (κ3) is 8.16. The van der Waals surface area contributed by atoms with E-state index in [0.29, 0.717) is 17.1 Å². The van der Waals surface area contributed by atoms with Crippen molar-refractivity contribution in [3.05, 3.63) is 64.9 Å². The van der Waals surface area contributed by atoms with Gasteiger partial charge in [-0.05, 0) is 37.1 Å². The van der Waals surface area contributed by atoms with Crippen molar-refractivity contribution in [1.29, 1.82) is 0 Å². The van der Waals surface area contributed by atoms with Crippen LogP contribution in [0.2, 0.25) is 5.02 Å². The summed E-state index contributed by atoms with van der Waals surface area (Å²) in [7, 11) is 0. The van der Waals surface area contributed by atoms with Gasteiger partial charge in [0, 0.05) is 19.5 Å². The van der Waals surface area contributed by atoms with Gasteiger partial charge < -0.3 is 9.88 Å². The molecule has 0 aliphatic carbocycles. The number of fused-ring (bicyclic) bond motifs is 1. The standard InChI is InChI=1S/C29H40ClN3O/c1-2-3-4-5-6-7-8-9-10-15-23-33-27-20-14-13-19-26(27)32-28(33)21-16-22-31-29(34)24-17-11-12-18-25(24)30/h11-14,17-20H,2-10,15-16,21-23H2,1H3,(H,31,34). The molecule has 0 radical (unpaired) electrons. The fraction of sp³-hybridized carbons (Fsp3) is 0.517. The molecule has 0 saturated carbocycles. The molecule has 1 aromatic heterocycles. The van der Waals surface area contributed by atoms with E-state index in [1.807, 2.05) is 18.2 Å². The van der Waals surface area contributed by atoms with Crippen molar-refractivity contribution < 1.29 is 4.79 Å². The number of para-hydroxylation sites is 2. The Labute approximate surface area is 210 Å². The molecule has 4 nitrogen and oxygen atoms in total. The number of aryl methyl sites for hydroxylation is 2. The van der Waals surface area contributed by atoms with Gasteiger partial charge in [-0.25, -0.2) is 4.98 Å². The number of carbonyl (C=O) groups excluding carboxylic acids is 1. The highest BCUT2D eigenvalue weighted by Gasteiger charge is 2.12. The lowest BCUT2D eigenvalue weighted by Crippen LogP contribution is -2.25. The third-order valence-corrected chi connectivity index (χ3v) is 6.78. The van der Waals surface area contributed by atoms with Crippen molar-refractivity contribution in [3.8, 4) is 0 Å². The molecular weight excluding hydrogens is 442 g/mol. The highest BCUT2D eigenvalue weighted by atomic mass is 35.5. The number of imidazole rings is 1. The molecule has 0 bridgehead atoms. The van der Waals surface area contributed by atoms with Gasteiger partial charge in [0.2, 0.25) is 0 Å². The molecule has 184 valence electrons. The van der Waals surface area contributed by atoms with Crippen molar-refractivity contribution in [2.75, 3.05) is 6.54 Å². The maximum atomic E-state index is 12.4. The maximum absolute atomic E-state index is 12.4. The summed E-state index contributed by atoms with van der Waals surface area (Å²) in [5, 5.41) is 3.48. The fourth-order valence-corrected chi connectivity index (χ4v) is 4.73. The predicted molar refractivity (Wildman–Crippen MR) is 144 cm³/mol. The quantitative estimate of drug-likeness (QED) is 0.211. The summed E-state index contributed by atoms with van der Waals surface area (Å²) in [6.07, 6.45) is 15.1. The van der Waals surface area contributed by atoms with Gasteiger partial charge in [0.25, 0.3) is 5.91 Å². The van der Waals surface area contributed by atoms with Gasteiger partial charge in [0.1, 0.15) is 5.82 Å². The van der Waals surface area contributed by atoms with E-state index in [4.69, 9.17) is 16.6 Å². The lowest BCUT2D eigenvalue weighted by Gasteiger charge is -2.10. The zero-order valence-corrected chi connectivity index (χ0v) is 21.5. The number of hydrogen-bond donors (Lipinski definition) is 1. The largest absolute Gasteiger partial charge is 0.352 e. The summed E-state index contributed by atoms with van der Waals surface area (Å²) in [6.45, 7) is 3.89. The number of unbranched alkanes of at least 4 members (excludes halogenated alkanes) is 9. The molecule has 0 fully saturated rings. The summed E-state index contributed by atoms with van der Waals surface area (Å²) in [5.41, 5.74) is 2.80. The Bertz CT molecular complexity index is 1010. The molecule has 0 aliphatic heterocycles. The van der Waals surface area contributed by atoms with E-state index < -0.39 is 0 Å². The molecule has 1 N–H and O–H groups in total. The molecule has 2 aromatic carbocycles. The monoisotopic (exact) mass is 481 g/mol. The molecule has 0 unspecified atom stereocenters. The van der Waals surface area contributed by atoms with Gasteiger partial charge >= 0.3 is 0 Å². The van der Waals surface area contributed by atoms with Crippen LogP contribution < -0.4 is 5.32 Å². The van der Waals surface area contributed by atoms with Crippen molar-refractivity contribution in [1.82, 2.24) is 14.9 Å². The second-order valence-corrected chi connectivity index (χ2v) is 9.60. The van der Waals surface area contributed by atoms with E-state index in [1.54, 1.807) is 12.1 Å². The number of rotatable bonds is 16. The van der Waals surface area contributed by atoms with Crippen LogP contribution in [0.4, 0.5) is 0 Å². The Balaban J connectivity index is 1.43. The van der Waals surface area contributed by atoms with Crippen LogP contribution in [0, 0.1) is 0 Å². The molecule has 1 heterocycles. The van der Waals surface area contributed by atoms with Gasteiger partial charge in [0.05, 0.1) is 21.6 Å². The summed E-state index contributed by atoms with van der Waals surface area (Å²) in [5.74, 6) is 0.994. The Kier molecular flexibility index (Phi) is 11.5. The Morgan fingerprint density at radius 3 is 2.24 bits per heavy atom. The number of nitrogens with zero attached hydrogens (tertiary/aromatic N) is 2. The van der Waals surface area contributed by atoms with Crippen LogP contribution >= 0.6 is 11.6 Å². The van der Waals surface area contributed by atoms with Crippen molar-refractivity contribution in [3.63, 3.8) is 0 Å². The second-order valence-electron chi connectivity index (χ2n) is 9.19. The number of hydrogen-bond acceptors (Lipinski definition) is 2. The van der Waals surface area contributed by atoms with Crippen LogP contribution in [0.1, 0.15) is 93.7 Å². The normalized spacial score (nSPS) is 11.2. The Hall–Kier alpha value is -2.33. The predicted octanol–water partition coefficient (Wildman–Crippen LogP) is 7.97. The molecule has 0 saturated heterocycles. The summed E-state index contributed by atoms with van der Waals surface area (Å²) < 4.78 is 2.38. The number of benzene rings is 2. The van der Waals surface area contributed by atoms with E-state index in [0.717, 1.165) is 30.7 Å². The van der Waals surface area contributed by atoms with Gasteiger partial charge in [-0.2, -0.15) is 0 Å². The van der Waals surface area contributed by atoms with Gasteiger partial charge in [0.15, 0.2) is 0 Å². The Morgan fingerprint density at radius 2 is 1.50 bits per heavy atom. The van der Waals surface area contributed by atoms with E-state index in [9.17, 15) is 4.79 Å². The van der Waals surface area contributed by atoms with Crippen LogP contribution in [0.5, 0.6) is 0 Å². The molecule has 3 aromatic rings. The zero-order valence-electron chi connectivity index (χ0n) is 20.7. The lowest BCUT2D eigenvalue weighted by molar-refractivity contribution is 0.0953. The Morgan fingerprint density at radius 1 is 0.853 bits per heavy atom. The number of carbonyl (C=O) groups is 1. The van der Waals surface area contributed by atoms with Gasteiger partial charge in [-0.15, -0.1) is 0 Å². The summed E-state index contributed by atoms with van der Waals surface area (Å²) >= 11 is 6.13. The van der Waals surface area contributed by atoms with Gasteiger partial charge in [-0.1, -0.05) is 101 Å². The van der Waals surface area contributed by atoms with Crippen molar-refractivity contribution in [2.24, 2.45) is 0 Å². The topological polar surface area (TPSA) is 46.9 Å². The average Bonchev–Trinajstić information content (AvgIpc) is 3.20. The first kappa shape index (κ1) is 26.3. The minimum absolute atomic E-state index is 0.121. The zero-order chi connectivity index (χ0) is 24.0. The summed E-state index contributed by atoms with van der Waals surface area (Å²) in [6, 6.07) is 15.6. The van der Waals surface area contributed by atoms with Crippen LogP contribution in [-0.4, -0.2) is 22.0 Å². The number of nitrogens with one attached hydrogen (secondary N) is 1. The minimum Gasteiger partial charge on any atom is -0.352 e. The van der Waals surface area contributed by atoms with Crippen LogP contribution in [-0.2, 0) is 13.0 Å². The highest BCUT2D eigenvalue weighted by Crippen LogP contribution is 2.19. The number of amides is 1. The van der Waals surface area contributed by atoms with Crippen molar-refractivity contribution in [2.45, 2.75) is 90.5 Å². The molecule has 0 atom stereocenters. The molecule has 0 spiro atoms.